The van der Waals surface area contributed by atoms with Crippen LogP contribution in [-0.2, 0) is 16.0 Å². The van der Waals surface area contributed by atoms with Crippen molar-refractivity contribution < 1.29 is 14.6 Å². The van der Waals surface area contributed by atoms with Crippen molar-refractivity contribution in [1.82, 2.24) is 4.98 Å². The number of ether oxygens (including phenoxy) is 1. The number of carbonyl (C=O) groups is 1. The number of hydrogen-bond donors (Lipinski definition) is 1. The second kappa shape index (κ2) is 9.74. The first kappa shape index (κ1) is 22.5. The number of hydrogen-bond acceptors (Lipinski definition) is 5. The standard InChI is InChI=1S/C13H15NO2S.C4H10O.C2H6/c1-7-5-11-8(2)10(6-12(15)16-4)9(3)14-13(11)17-7;1-4(2,3)5;1-2/h5H,6H2,1-4H3;5H,1-3H3;1-2H3. The number of aryl methyl sites for hydroxylation is 3. The van der Waals surface area contributed by atoms with Gasteiger partial charge < -0.3 is 9.84 Å². The van der Waals surface area contributed by atoms with Gasteiger partial charge in [0.15, 0.2) is 0 Å². The Labute approximate surface area is 149 Å². The highest BCUT2D eigenvalue weighted by atomic mass is 32.1. The minimum atomic E-state index is -0.500. The van der Waals surface area contributed by atoms with E-state index in [0.29, 0.717) is 6.42 Å². The average molecular weight is 354 g/mol. The molecule has 2 aromatic rings. The molecule has 2 rings (SSSR count). The van der Waals surface area contributed by atoms with Crippen LogP contribution in [0.25, 0.3) is 10.2 Å². The number of aliphatic hydroxyl groups is 1. The number of methoxy groups -OCH3 is 1. The Bertz CT molecular complexity index is 663. The van der Waals surface area contributed by atoms with E-state index >= 15 is 0 Å². The third kappa shape index (κ3) is 7.41. The van der Waals surface area contributed by atoms with Crippen LogP contribution in [0.1, 0.15) is 56.3 Å². The summed E-state index contributed by atoms with van der Waals surface area (Å²) in [6.07, 6.45) is 0.298. The van der Waals surface area contributed by atoms with Gasteiger partial charge in [-0.3, -0.25) is 4.79 Å². The highest BCUT2D eigenvalue weighted by Gasteiger charge is 2.14. The molecule has 136 valence electrons. The lowest BCUT2D eigenvalue weighted by molar-refractivity contribution is -0.139. The summed E-state index contributed by atoms with van der Waals surface area (Å²) in [5.74, 6) is -0.218. The number of rotatable bonds is 2. The van der Waals surface area contributed by atoms with Gasteiger partial charge in [-0.15, -0.1) is 11.3 Å². The normalized spacial score (nSPS) is 10.4. The molecule has 1 N–H and O–H groups in total. The molecule has 0 amide bonds. The summed E-state index contributed by atoms with van der Waals surface area (Å²) in [6, 6.07) is 2.13. The largest absolute Gasteiger partial charge is 0.469 e. The molecular formula is C19H31NO3S. The molecule has 0 aliphatic rings. The summed E-state index contributed by atoms with van der Waals surface area (Å²) < 4.78 is 4.72. The first-order valence-corrected chi connectivity index (χ1v) is 9.00. The number of aromatic nitrogens is 1. The van der Waals surface area contributed by atoms with Crippen LogP contribution in [0.5, 0.6) is 0 Å². The Kier molecular flexibility index (Phi) is 9.15. The first-order chi connectivity index (χ1) is 11.0. The molecule has 0 radical (unpaired) electrons. The van der Waals surface area contributed by atoms with Crippen LogP contribution in [0.4, 0.5) is 0 Å². The van der Waals surface area contributed by atoms with Crippen LogP contribution in [0.3, 0.4) is 0 Å². The fraction of sp³-hybridized carbons (Fsp3) is 0.579. The Hall–Kier alpha value is -1.46. The van der Waals surface area contributed by atoms with Gasteiger partial charge in [-0.1, -0.05) is 13.8 Å². The van der Waals surface area contributed by atoms with Crippen molar-refractivity contribution in [3.05, 3.63) is 27.8 Å². The lowest BCUT2D eigenvalue weighted by Crippen LogP contribution is -2.10. The summed E-state index contributed by atoms with van der Waals surface area (Å²) in [5.41, 5.74) is 2.55. The van der Waals surface area contributed by atoms with Crippen LogP contribution in [-0.4, -0.2) is 28.8 Å². The smallest absolute Gasteiger partial charge is 0.310 e. The van der Waals surface area contributed by atoms with E-state index in [1.165, 1.54) is 12.0 Å². The zero-order chi connectivity index (χ0) is 19.1. The summed E-state index contributed by atoms with van der Waals surface area (Å²) in [6.45, 7) is 15.3. The molecule has 0 fully saturated rings. The van der Waals surface area contributed by atoms with Crippen LogP contribution in [0.2, 0.25) is 0 Å². The summed E-state index contributed by atoms with van der Waals surface area (Å²) in [4.78, 5) is 18.2. The van der Waals surface area contributed by atoms with E-state index in [1.807, 2.05) is 27.7 Å². The molecule has 0 aromatic carbocycles. The number of nitrogens with zero attached hydrogens (tertiary/aromatic N) is 1. The van der Waals surface area contributed by atoms with Crippen LogP contribution in [0.15, 0.2) is 6.07 Å². The maximum absolute atomic E-state index is 11.4. The Morgan fingerprint density at radius 1 is 1.25 bits per heavy atom. The van der Waals surface area contributed by atoms with Crippen LogP contribution in [0, 0.1) is 20.8 Å². The van der Waals surface area contributed by atoms with Crippen LogP contribution >= 0.6 is 11.3 Å². The second-order valence-corrected chi connectivity index (χ2v) is 7.54. The van der Waals surface area contributed by atoms with Gasteiger partial charge in [0.05, 0.1) is 19.1 Å². The SMILES string of the molecule is CC.CC(C)(C)O.COC(=O)Cc1c(C)nc2sc(C)cc2c1C. The predicted octanol–water partition coefficient (Wildman–Crippen LogP) is 4.74. The van der Waals surface area contributed by atoms with E-state index in [-0.39, 0.29) is 5.97 Å². The number of esters is 1. The van der Waals surface area contributed by atoms with Crippen molar-refractivity contribution in [1.29, 1.82) is 0 Å². The number of fused-ring (bicyclic) bond motifs is 1. The molecule has 0 saturated heterocycles. The zero-order valence-corrected chi connectivity index (χ0v) is 17.2. The number of thiophene rings is 1. The minimum Gasteiger partial charge on any atom is -0.469 e. The van der Waals surface area contributed by atoms with Crippen molar-refractivity contribution in [2.75, 3.05) is 7.11 Å². The monoisotopic (exact) mass is 353 g/mol. The van der Waals surface area contributed by atoms with E-state index < -0.39 is 5.60 Å². The van der Waals surface area contributed by atoms with Gasteiger partial charge in [-0.25, -0.2) is 4.98 Å². The fourth-order valence-corrected chi connectivity index (χ4v) is 2.97. The minimum absolute atomic E-state index is 0.218. The van der Waals surface area contributed by atoms with E-state index in [1.54, 1.807) is 32.1 Å². The number of pyridine rings is 1. The Morgan fingerprint density at radius 2 is 1.75 bits per heavy atom. The average Bonchev–Trinajstić information content (AvgIpc) is 2.84. The van der Waals surface area contributed by atoms with Crippen molar-refractivity contribution in [3.63, 3.8) is 0 Å². The van der Waals surface area contributed by atoms with Gasteiger partial charge >= 0.3 is 5.97 Å². The summed E-state index contributed by atoms with van der Waals surface area (Å²) >= 11 is 1.69. The molecule has 0 spiro atoms. The lowest BCUT2D eigenvalue weighted by Gasteiger charge is -2.09. The fourth-order valence-electron chi connectivity index (χ4n) is 1.98. The highest BCUT2D eigenvalue weighted by molar-refractivity contribution is 7.18. The third-order valence-corrected chi connectivity index (χ3v) is 3.89. The molecular weight excluding hydrogens is 322 g/mol. The zero-order valence-electron chi connectivity index (χ0n) is 16.4. The topological polar surface area (TPSA) is 59.4 Å². The molecule has 0 aliphatic heterocycles. The molecule has 0 atom stereocenters. The van der Waals surface area contributed by atoms with E-state index in [9.17, 15) is 4.79 Å². The Balaban J connectivity index is 0.000000650. The molecule has 0 bridgehead atoms. The van der Waals surface area contributed by atoms with Gasteiger partial charge in [-0.05, 0) is 58.7 Å². The number of carbonyl (C=O) groups excluding carboxylic acids is 1. The molecule has 5 heteroatoms. The van der Waals surface area contributed by atoms with Crippen molar-refractivity contribution in [3.8, 4) is 0 Å². The van der Waals surface area contributed by atoms with Gasteiger partial charge in [0.25, 0.3) is 0 Å². The van der Waals surface area contributed by atoms with E-state index in [0.717, 1.165) is 27.0 Å². The van der Waals surface area contributed by atoms with E-state index in [2.05, 4.69) is 18.0 Å². The van der Waals surface area contributed by atoms with Gasteiger partial charge in [-0.2, -0.15) is 0 Å². The molecule has 0 saturated carbocycles. The maximum atomic E-state index is 11.4. The quantitative estimate of drug-likeness (QED) is 0.792. The molecule has 4 nitrogen and oxygen atoms in total. The van der Waals surface area contributed by atoms with Gasteiger partial charge in [0.1, 0.15) is 4.83 Å². The molecule has 0 unspecified atom stereocenters. The molecule has 0 aliphatic carbocycles. The first-order valence-electron chi connectivity index (χ1n) is 8.18. The summed E-state index contributed by atoms with van der Waals surface area (Å²) in [7, 11) is 1.41. The van der Waals surface area contributed by atoms with Crippen molar-refractivity contribution in [2.24, 2.45) is 0 Å². The molecule has 2 heterocycles. The molecule has 24 heavy (non-hydrogen) atoms. The van der Waals surface area contributed by atoms with Crippen molar-refractivity contribution in [2.45, 2.75) is 67.4 Å². The molecule has 2 aromatic heterocycles. The second-order valence-electron chi connectivity index (χ2n) is 6.30. The van der Waals surface area contributed by atoms with Gasteiger partial charge in [0, 0.05) is 16.0 Å². The Morgan fingerprint density at radius 3 is 2.21 bits per heavy atom. The highest BCUT2D eigenvalue weighted by Crippen LogP contribution is 2.29. The van der Waals surface area contributed by atoms with Crippen LogP contribution < -0.4 is 0 Å². The predicted molar refractivity (Wildman–Crippen MR) is 103 cm³/mol. The van der Waals surface area contributed by atoms with Gasteiger partial charge in [0.2, 0.25) is 0 Å². The van der Waals surface area contributed by atoms with Crippen molar-refractivity contribution >= 4 is 27.5 Å². The summed E-state index contributed by atoms with van der Waals surface area (Å²) in [5, 5.41) is 9.67. The lowest BCUT2D eigenvalue weighted by atomic mass is 10.0. The third-order valence-electron chi connectivity index (χ3n) is 2.95. The maximum Gasteiger partial charge on any atom is 0.310 e. The van der Waals surface area contributed by atoms with E-state index in [4.69, 9.17) is 9.84 Å².